The summed E-state index contributed by atoms with van der Waals surface area (Å²) in [5, 5.41) is 10.1. The maximum Gasteiger partial charge on any atom is 0.0975 e. The lowest BCUT2D eigenvalue weighted by Gasteiger charge is -2.05. The minimum atomic E-state index is -0.525. The molecule has 1 heteroatoms. The van der Waals surface area contributed by atoms with Crippen molar-refractivity contribution in [1.29, 1.82) is 0 Å². The molecule has 0 bridgehead atoms. The van der Waals surface area contributed by atoms with Crippen LogP contribution in [0.2, 0.25) is 0 Å². The van der Waals surface area contributed by atoms with E-state index in [0.29, 0.717) is 0 Å². The Labute approximate surface area is 116 Å². The van der Waals surface area contributed by atoms with Gasteiger partial charge in [-0.15, -0.1) is 0 Å². The Morgan fingerprint density at radius 2 is 1.79 bits per heavy atom. The summed E-state index contributed by atoms with van der Waals surface area (Å²) in [5.41, 5.74) is 2.14. The minimum absolute atomic E-state index is 0.525. The van der Waals surface area contributed by atoms with Crippen molar-refractivity contribution in [1.82, 2.24) is 0 Å². The zero-order valence-corrected chi connectivity index (χ0v) is 11.3. The van der Waals surface area contributed by atoms with Gasteiger partial charge >= 0.3 is 0 Å². The highest BCUT2D eigenvalue weighted by atomic mass is 16.3. The summed E-state index contributed by atoms with van der Waals surface area (Å²) < 4.78 is 0. The first kappa shape index (κ1) is 13.8. The molecule has 1 atom stereocenters. The standard InChI is InChI=1S/C18H22O/c19-18(17-12-8-5-9-13-17)15-14-16-10-6-3-1-2-4-7-11-16/h5-6,8-15,18-19H,1-4,7H2/b10-6-,15-14+,16-11+. The summed E-state index contributed by atoms with van der Waals surface area (Å²) >= 11 is 0. The van der Waals surface area contributed by atoms with Crippen molar-refractivity contribution >= 4 is 0 Å². The van der Waals surface area contributed by atoms with Crippen molar-refractivity contribution in [3.05, 3.63) is 71.8 Å². The van der Waals surface area contributed by atoms with E-state index in [1.807, 2.05) is 42.5 Å². The molecule has 0 aromatic heterocycles. The van der Waals surface area contributed by atoms with Gasteiger partial charge in [0.15, 0.2) is 0 Å². The second-order valence-corrected chi connectivity index (χ2v) is 4.96. The monoisotopic (exact) mass is 254 g/mol. The average molecular weight is 254 g/mol. The molecule has 1 unspecified atom stereocenters. The van der Waals surface area contributed by atoms with Crippen molar-refractivity contribution in [2.75, 3.05) is 0 Å². The first-order valence-corrected chi connectivity index (χ1v) is 7.14. The summed E-state index contributed by atoms with van der Waals surface area (Å²) in [6.45, 7) is 0. The van der Waals surface area contributed by atoms with E-state index in [2.05, 4.69) is 18.2 Å². The van der Waals surface area contributed by atoms with E-state index >= 15 is 0 Å². The van der Waals surface area contributed by atoms with E-state index in [1.54, 1.807) is 0 Å². The number of rotatable bonds is 3. The highest BCUT2D eigenvalue weighted by Crippen LogP contribution is 2.16. The maximum absolute atomic E-state index is 10.1. The van der Waals surface area contributed by atoms with Crippen LogP contribution in [-0.4, -0.2) is 5.11 Å². The predicted molar refractivity (Wildman–Crippen MR) is 80.8 cm³/mol. The first-order chi connectivity index (χ1) is 9.36. The van der Waals surface area contributed by atoms with Crippen LogP contribution in [0.25, 0.3) is 0 Å². The van der Waals surface area contributed by atoms with Crippen LogP contribution in [0, 0.1) is 0 Å². The SMILES string of the molecule is OC(/C=C/C1=C/CCCCC/C=C\1)c1ccccc1. The first-order valence-electron chi connectivity index (χ1n) is 7.14. The van der Waals surface area contributed by atoms with Gasteiger partial charge in [-0.2, -0.15) is 0 Å². The number of aliphatic hydroxyl groups is 1. The van der Waals surface area contributed by atoms with Crippen LogP contribution in [0.1, 0.15) is 43.8 Å². The van der Waals surface area contributed by atoms with Gasteiger partial charge in [-0.25, -0.2) is 0 Å². The van der Waals surface area contributed by atoms with Crippen LogP contribution in [0.15, 0.2) is 66.3 Å². The molecule has 2 rings (SSSR count). The van der Waals surface area contributed by atoms with Crippen LogP contribution in [0.3, 0.4) is 0 Å². The van der Waals surface area contributed by atoms with E-state index in [0.717, 1.165) is 18.4 Å². The van der Waals surface area contributed by atoms with E-state index in [9.17, 15) is 5.11 Å². The van der Waals surface area contributed by atoms with Crippen LogP contribution in [0.4, 0.5) is 0 Å². The fraction of sp³-hybridized carbons (Fsp3) is 0.333. The van der Waals surface area contributed by atoms with Crippen molar-refractivity contribution in [2.24, 2.45) is 0 Å². The van der Waals surface area contributed by atoms with Crippen LogP contribution in [0.5, 0.6) is 0 Å². The van der Waals surface area contributed by atoms with Crippen molar-refractivity contribution < 1.29 is 5.11 Å². The third kappa shape index (κ3) is 4.88. The number of benzene rings is 1. The summed E-state index contributed by atoms with van der Waals surface area (Å²) in [6.07, 6.45) is 16.2. The average Bonchev–Trinajstić information content (AvgIpc) is 2.59. The van der Waals surface area contributed by atoms with Gasteiger partial charge in [-0.05, 0) is 36.8 Å². The molecule has 100 valence electrons. The highest BCUT2D eigenvalue weighted by Gasteiger charge is 2.01. The number of hydrogen-bond acceptors (Lipinski definition) is 1. The lowest BCUT2D eigenvalue weighted by molar-refractivity contribution is 0.228. The molecule has 0 saturated carbocycles. The predicted octanol–water partition coefficient (Wildman–Crippen LogP) is 4.72. The molecule has 1 N–H and O–H groups in total. The summed E-state index contributed by atoms with van der Waals surface area (Å²) in [6, 6.07) is 9.76. The van der Waals surface area contributed by atoms with Gasteiger partial charge in [0.2, 0.25) is 0 Å². The van der Waals surface area contributed by atoms with Crippen LogP contribution in [-0.2, 0) is 0 Å². The van der Waals surface area contributed by atoms with Gasteiger partial charge in [-0.3, -0.25) is 0 Å². The Morgan fingerprint density at radius 1 is 1.00 bits per heavy atom. The van der Waals surface area contributed by atoms with Gasteiger partial charge < -0.3 is 5.11 Å². The number of aliphatic hydroxyl groups excluding tert-OH is 1. The Bertz CT molecular complexity index is 454. The largest absolute Gasteiger partial charge is 0.384 e. The lowest BCUT2D eigenvalue weighted by atomic mass is 10.1. The third-order valence-corrected chi connectivity index (χ3v) is 3.38. The van der Waals surface area contributed by atoms with Crippen molar-refractivity contribution in [2.45, 2.75) is 38.2 Å². The van der Waals surface area contributed by atoms with Crippen molar-refractivity contribution in [3.63, 3.8) is 0 Å². The fourth-order valence-electron chi connectivity index (χ4n) is 2.23. The Morgan fingerprint density at radius 3 is 2.63 bits per heavy atom. The summed E-state index contributed by atoms with van der Waals surface area (Å²) in [7, 11) is 0. The molecule has 19 heavy (non-hydrogen) atoms. The molecular weight excluding hydrogens is 232 g/mol. The molecule has 1 aliphatic rings. The molecule has 0 radical (unpaired) electrons. The van der Waals surface area contributed by atoms with Gasteiger partial charge in [0.05, 0.1) is 6.10 Å². The molecule has 1 aromatic rings. The van der Waals surface area contributed by atoms with E-state index in [4.69, 9.17) is 0 Å². The molecule has 1 aliphatic carbocycles. The Balaban J connectivity index is 2.01. The molecule has 1 aromatic carbocycles. The fourth-order valence-corrected chi connectivity index (χ4v) is 2.23. The molecule has 0 fully saturated rings. The molecule has 1 nitrogen and oxygen atoms in total. The number of hydrogen-bond donors (Lipinski definition) is 1. The highest BCUT2D eigenvalue weighted by molar-refractivity contribution is 5.33. The lowest BCUT2D eigenvalue weighted by Crippen LogP contribution is -1.92. The van der Waals surface area contributed by atoms with Gasteiger partial charge in [0.25, 0.3) is 0 Å². The van der Waals surface area contributed by atoms with Crippen molar-refractivity contribution in [3.8, 4) is 0 Å². The van der Waals surface area contributed by atoms with E-state index in [1.165, 1.54) is 24.8 Å². The van der Waals surface area contributed by atoms with Crippen LogP contribution >= 0.6 is 0 Å². The molecule has 0 aliphatic heterocycles. The summed E-state index contributed by atoms with van der Waals surface area (Å²) in [5.74, 6) is 0. The van der Waals surface area contributed by atoms with Gasteiger partial charge in [0, 0.05) is 0 Å². The maximum atomic E-state index is 10.1. The minimum Gasteiger partial charge on any atom is -0.384 e. The second-order valence-electron chi connectivity index (χ2n) is 4.96. The quantitative estimate of drug-likeness (QED) is 0.827. The van der Waals surface area contributed by atoms with Crippen LogP contribution < -0.4 is 0 Å². The summed E-state index contributed by atoms with van der Waals surface area (Å²) in [4.78, 5) is 0. The third-order valence-electron chi connectivity index (χ3n) is 3.38. The van der Waals surface area contributed by atoms with Gasteiger partial charge in [0.1, 0.15) is 0 Å². The van der Waals surface area contributed by atoms with E-state index in [-0.39, 0.29) is 0 Å². The second kappa shape index (κ2) is 7.75. The molecule has 0 heterocycles. The topological polar surface area (TPSA) is 20.2 Å². The normalized spacial score (nSPS) is 22.9. The smallest absolute Gasteiger partial charge is 0.0975 e. The zero-order valence-electron chi connectivity index (χ0n) is 11.3. The zero-order chi connectivity index (χ0) is 13.3. The number of allylic oxidation sites excluding steroid dienone is 5. The molecule has 0 spiro atoms. The van der Waals surface area contributed by atoms with Gasteiger partial charge in [-0.1, -0.05) is 67.1 Å². The molecule has 0 amide bonds. The molecular formula is C18H22O. The van der Waals surface area contributed by atoms with E-state index < -0.39 is 6.10 Å². The Kier molecular flexibility index (Phi) is 5.64. The Hall–Kier alpha value is -1.60. The molecule has 0 saturated heterocycles.